The van der Waals surface area contributed by atoms with Crippen molar-refractivity contribution in [3.8, 4) is 11.3 Å². The SMILES string of the molecule is CC1CN(C(=O)c2[nH]c(-c3ccc(F)cc3)c3cccc[n+]23)CC(C)O1. The van der Waals surface area contributed by atoms with E-state index in [-0.39, 0.29) is 23.9 Å². The summed E-state index contributed by atoms with van der Waals surface area (Å²) in [7, 11) is 0. The number of morpholine rings is 1. The number of aromatic amines is 1. The van der Waals surface area contributed by atoms with Crippen LogP contribution in [0.1, 0.15) is 24.5 Å². The second kappa shape index (κ2) is 6.53. The van der Waals surface area contributed by atoms with E-state index >= 15 is 0 Å². The van der Waals surface area contributed by atoms with Gasteiger partial charge in [0.25, 0.3) is 0 Å². The van der Waals surface area contributed by atoms with E-state index in [2.05, 4.69) is 4.98 Å². The third-order valence-corrected chi connectivity index (χ3v) is 4.64. The van der Waals surface area contributed by atoms with Crippen molar-refractivity contribution in [1.82, 2.24) is 9.88 Å². The lowest BCUT2D eigenvalue weighted by atomic mass is 10.1. The quantitative estimate of drug-likeness (QED) is 0.720. The first-order valence-electron chi connectivity index (χ1n) is 8.76. The highest BCUT2D eigenvalue weighted by Gasteiger charge is 2.33. The number of aromatic nitrogens is 2. The Balaban J connectivity index is 1.78. The summed E-state index contributed by atoms with van der Waals surface area (Å²) in [6.07, 6.45) is 1.87. The molecule has 1 aliphatic rings. The third-order valence-electron chi connectivity index (χ3n) is 4.64. The van der Waals surface area contributed by atoms with Crippen molar-refractivity contribution in [1.29, 1.82) is 0 Å². The number of hydrogen-bond acceptors (Lipinski definition) is 2. The smallest absolute Gasteiger partial charge is 0.351 e. The molecule has 3 heterocycles. The van der Waals surface area contributed by atoms with Crippen molar-refractivity contribution in [2.45, 2.75) is 26.1 Å². The fraction of sp³-hybridized carbons (Fsp3) is 0.300. The molecule has 1 saturated heterocycles. The molecule has 1 aliphatic heterocycles. The molecule has 2 aromatic heterocycles. The molecule has 134 valence electrons. The molecule has 1 amide bonds. The molecule has 0 spiro atoms. The monoisotopic (exact) mass is 354 g/mol. The van der Waals surface area contributed by atoms with E-state index in [1.54, 1.807) is 12.1 Å². The van der Waals surface area contributed by atoms with Gasteiger partial charge in [0.15, 0.2) is 11.2 Å². The second-order valence-electron chi connectivity index (χ2n) is 6.78. The van der Waals surface area contributed by atoms with Gasteiger partial charge in [0.2, 0.25) is 0 Å². The summed E-state index contributed by atoms with van der Waals surface area (Å²) in [5.74, 6) is 0.132. The fourth-order valence-electron chi connectivity index (χ4n) is 3.57. The van der Waals surface area contributed by atoms with Gasteiger partial charge in [-0.3, -0.25) is 4.79 Å². The Hall–Kier alpha value is -2.73. The van der Waals surface area contributed by atoms with Crippen LogP contribution >= 0.6 is 0 Å². The largest absolute Gasteiger partial charge is 0.372 e. The maximum atomic E-state index is 13.3. The second-order valence-corrected chi connectivity index (χ2v) is 6.78. The van der Waals surface area contributed by atoms with Gasteiger partial charge in [-0.25, -0.2) is 9.37 Å². The van der Waals surface area contributed by atoms with Crippen molar-refractivity contribution < 1.29 is 18.3 Å². The van der Waals surface area contributed by atoms with Crippen molar-refractivity contribution in [3.05, 3.63) is 60.3 Å². The number of ether oxygens (including phenoxy) is 1. The van der Waals surface area contributed by atoms with Crippen LogP contribution in [0.4, 0.5) is 4.39 Å². The molecule has 1 N–H and O–H groups in total. The average molecular weight is 354 g/mol. The van der Waals surface area contributed by atoms with E-state index in [1.165, 1.54) is 12.1 Å². The fourth-order valence-corrected chi connectivity index (χ4v) is 3.57. The van der Waals surface area contributed by atoms with E-state index in [1.807, 2.05) is 47.5 Å². The highest BCUT2D eigenvalue weighted by Crippen LogP contribution is 2.23. The van der Waals surface area contributed by atoms with Crippen LogP contribution in [-0.2, 0) is 4.74 Å². The first-order chi connectivity index (χ1) is 12.5. The number of amides is 1. The molecular formula is C20H21FN3O2+. The summed E-state index contributed by atoms with van der Waals surface area (Å²) in [6, 6.07) is 12.0. The maximum Gasteiger partial charge on any atom is 0.351 e. The Kier molecular flexibility index (Phi) is 4.20. The van der Waals surface area contributed by atoms with Crippen LogP contribution in [0.15, 0.2) is 48.7 Å². The van der Waals surface area contributed by atoms with Crippen molar-refractivity contribution in [2.24, 2.45) is 0 Å². The minimum atomic E-state index is -0.287. The Labute approximate surface area is 151 Å². The lowest BCUT2D eigenvalue weighted by Gasteiger charge is -2.34. The Morgan fingerprint density at radius 3 is 2.54 bits per heavy atom. The molecule has 26 heavy (non-hydrogen) atoms. The predicted molar refractivity (Wildman–Crippen MR) is 95.3 cm³/mol. The molecule has 1 fully saturated rings. The number of rotatable bonds is 2. The number of H-pyrrole nitrogens is 1. The number of pyridine rings is 1. The van der Waals surface area contributed by atoms with Gasteiger partial charge >= 0.3 is 11.7 Å². The van der Waals surface area contributed by atoms with Crippen LogP contribution < -0.4 is 4.40 Å². The zero-order valence-electron chi connectivity index (χ0n) is 14.8. The normalized spacial score (nSPS) is 20.5. The van der Waals surface area contributed by atoms with Gasteiger partial charge in [0, 0.05) is 18.7 Å². The average Bonchev–Trinajstić information content (AvgIpc) is 3.01. The van der Waals surface area contributed by atoms with Gasteiger partial charge in [-0.1, -0.05) is 6.07 Å². The highest BCUT2D eigenvalue weighted by molar-refractivity contribution is 5.91. The standard InChI is InChI=1S/C20H20FN3O2/c1-13-11-23(12-14(2)26-13)20(25)19-22-18(15-6-8-16(21)9-7-15)17-5-3-4-10-24(17)19/h3-10,13-14H,11-12H2,1-2H3/p+1. The number of fused-ring (bicyclic) bond motifs is 1. The number of halogens is 1. The van der Waals surface area contributed by atoms with E-state index in [4.69, 9.17) is 4.74 Å². The summed E-state index contributed by atoms with van der Waals surface area (Å²) >= 11 is 0. The summed E-state index contributed by atoms with van der Waals surface area (Å²) in [4.78, 5) is 18.2. The summed E-state index contributed by atoms with van der Waals surface area (Å²) in [5.41, 5.74) is 2.50. The molecule has 0 radical (unpaired) electrons. The van der Waals surface area contributed by atoms with Crippen LogP contribution in [0.5, 0.6) is 0 Å². The zero-order chi connectivity index (χ0) is 18.3. The first-order valence-corrected chi connectivity index (χ1v) is 8.76. The Bertz CT molecular complexity index is 941. The number of carbonyl (C=O) groups excluding carboxylic acids is 1. The maximum absolute atomic E-state index is 13.3. The first kappa shape index (κ1) is 16.7. The van der Waals surface area contributed by atoms with Crippen molar-refractivity contribution >= 4 is 11.4 Å². The van der Waals surface area contributed by atoms with Crippen LogP contribution in [0.2, 0.25) is 0 Å². The molecule has 3 aromatic rings. The molecule has 6 heteroatoms. The third kappa shape index (κ3) is 2.97. The minimum Gasteiger partial charge on any atom is -0.372 e. The van der Waals surface area contributed by atoms with E-state index in [0.29, 0.717) is 18.9 Å². The highest BCUT2D eigenvalue weighted by atomic mass is 19.1. The molecule has 0 bridgehead atoms. The Morgan fingerprint density at radius 1 is 1.15 bits per heavy atom. The topological polar surface area (TPSA) is 49.4 Å². The van der Waals surface area contributed by atoms with E-state index in [9.17, 15) is 9.18 Å². The molecule has 4 rings (SSSR count). The number of benzene rings is 1. The van der Waals surface area contributed by atoms with Crippen LogP contribution in [0.25, 0.3) is 16.8 Å². The minimum absolute atomic E-state index is 0.00509. The van der Waals surface area contributed by atoms with Gasteiger partial charge < -0.3 is 9.64 Å². The zero-order valence-corrected chi connectivity index (χ0v) is 14.8. The van der Waals surface area contributed by atoms with Gasteiger partial charge in [-0.2, -0.15) is 4.40 Å². The summed E-state index contributed by atoms with van der Waals surface area (Å²) in [6.45, 7) is 5.06. The van der Waals surface area contributed by atoms with Crippen LogP contribution in [-0.4, -0.2) is 41.1 Å². The molecule has 5 nitrogen and oxygen atoms in total. The molecule has 0 saturated carbocycles. The van der Waals surface area contributed by atoms with E-state index in [0.717, 1.165) is 16.8 Å². The van der Waals surface area contributed by atoms with Crippen LogP contribution in [0.3, 0.4) is 0 Å². The predicted octanol–water partition coefficient (Wildman–Crippen LogP) is 2.81. The number of carbonyl (C=O) groups is 1. The molecule has 2 unspecified atom stereocenters. The summed E-state index contributed by atoms with van der Waals surface area (Å²) < 4.78 is 20.9. The Morgan fingerprint density at radius 2 is 1.85 bits per heavy atom. The van der Waals surface area contributed by atoms with Crippen molar-refractivity contribution in [2.75, 3.05) is 13.1 Å². The number of nitrogens with zero attached hydrogens (tertiary/aromatic N) is 2. The van der Waals surface area contributed by atoms with Gasteiger partial charge in [-0.05, 0) is 50.2 Å². The number of hydrogen-bond donors (Lipinski definition) is 1. The van der Waals surface area contributed by atoms with E-state index < -0.39 is 0 Å². The van der Waals surface area contributed by atoms with Crippen LogP contribution in [0, 0.1) is 5.82 Å². The molecule has 0 aliphatic carbocycles. The lowest BCUT2D eigenvalue weighted by molar-refractivity contribution is -0.514. The lowest BCUT2D eigenvalue weighted by Crippen LogP contribution is -2.50. The van der Waals surface area contributed by atoms with Gasteiger partial charge in [0.1, 0.15) is 5.82 Å². The van der Waals surface area contributed by atoms with Crippen molar-refractivity contribution in [3.63, 3.8) is 0 Å². The molecular weight excluding hydrogens is 333 g/mol. The van der Waals surface area contributed by atoms with Gasteiger partial charge in [0.05, 0.1) is 18.4 Å². The van der Waals surface area contributed by atoms with Gasteiger partial charge in [-0.15, -0.1) is 0 Å². The molecule has 2 atom stereocenters. The summed E-state index contributed by atoms with van der Waals surface area (Å²) in [5, 5.41) is 0. The number of nitrogens with one attached hydrogen (secondary N) is 1. The number of imidazole rings is 1. The molecule has 1 aromatic carbocycles.